The van der Waals surface area contributed by atoms with E-state index >= 15 is 0 Å². The van der Waals surface area contributed by atoms with Gasteiger partial charge >= 0.3 is 0 Å². The topological polar surface area (TPSA) is 29.1 Å². The van der Waals surface area contributed by atoms with E-state index in [0.717, 1.165) is 15.7 Å². The Labute approximate surface area is 125 Å². The van der Waals surface area contributed by atoms with Crippen molar-refractivity contribution >= 4 is 39.0 Å². The van der Waals surface area contributed by atoms with Crippen molar-refractivity contribution in [1.29, 1.82) is 0 Å². The van der Waals surface area contributed by atoms with E-state index in [1.807, 2.05) is 37.3 Å². The lowest BCUT2D eigenvalue weighted by Gasteiger charge is -2.07. The van der Waals surface area contributed by atoms with Gasteiger partial charge in [0.1, 0.15) is 0 Å². The third-order valence-corrected chi connectivity index (χ3v) is 3.73. The molecule has 2 aromatic rings. The Kier molecular flexibility index (Phi) is 4.61. The second-order valence-electron chi connectivity index (χ2n) is 4.25. The van der Waals surface area contributed by atoms with Crippen LogP contribution in [0.3, 0.4) is 0 Å². The van der Waals surface area contributed by atoms with E-state index < -0.39 is 0 Å². The number of hydrogen-bond acceptors (Lipinski definition) is 2. The van der Waals surface area contributed by atoms with Crippen LogP contribution >= 0.6 is 27.5 Å². The molecule has 19 heavy (non-hydrogen) atoms. The first kappa shape index (κ1) is 14.1. The van der Waals surface area contributed by atoms with Crippen LogP contribution < -0.4 is 5.32 Å². The van der Waals surface area contributed by atoms with Gasteiger partial charge in [-0.25, -0.2) is 0 Å². The molecule has 0 radical (unpaired) electrons. The number of hydrogen-bond donors (Lipinski definition) is 1. The summed E-state index contributed by atoms with van der Waals surface area (Å²) in [6, 6.07) is 13.0. The van der Waals surface area contributed by atoms with Crippen molar-refractivity contribution in [3.05, 3.63) is 63.1 Å². The lowest BCUT2D eigenvalue weighted by atomic mass is 10.1. The lowest BCUT2D eigenvalue weighted by Crippen LogP contribution is -2.13. The minimum atomic E-state index is 0.0456. The van der Waals surface area contributed by atoms with Crippen LogP contribution in [0.1, 0.15) is 15.9 Å². The average molecular weight is 339 g/mol. The fourth-order valence-electron chi connectivity index (χ4n) is 1.62. The molecule has 0 spiro atoms. The molecule has 0 saturated heterocycles. The Balaban J connectivity index is 2.00. The summed E-state index contributed by atoms with van der Waals surface area (Å²) in [6.07, 6.45) is 0. The summed E-state index contributed by atoms with van der Waals surface area (Å²) in [5.41, 5.74) is 2.56. The molecule has 0 unspecified atom stereocenters. The maximum Gasteiger partial charge on any atom is 0.181 e. The number of nitrogens with one attached hydrogen (secondary N) is 1. The molecule has 0 bridgehead atoms. The van der Waals surface area contributed by atoms with Crippen LogP contribution in [-0.2, 0) is 0 Å². The Morgan fingerprint density at radius 1 is 1.21 bits per heavy atom. The number of carbonyl (C=O) groups excluding carboxylic acids is 1. The zero-order chi connectivity index (χ0) is 13.8. The highest BCUT2D eigenvalue weighted by atomic mass is 79.9. The Morgan fingerprint density at radius 3 is 2.53 bits per heavy atom. The first-order chi connectivity index (χ1) is 9.06. The van der Waals surface area contributed by atoms with Gasteiger partial charge < -0.3 is 5.32 Å². The van der Waals surface area contributed by atoms with Crippen molar-refractivity contribution in [3.63, 3.8) is 0 Å². The summed E-state index contributed by atoms with van der Waals surface area (Å²) in [4.78, 5) is 12.0. The van der Waals surface area contributed by atoms with E-state index in [0.29, 0.717) is 10.6 Å². The van der Waals surface area contributed by atoms with Crippen molar-refractivity contribution in [2.45, 2.75) is 6.92 Å². The summed E-state index contributed by atoms with van der Waals surface area (Å²) in [7, 11) is 0. The van der Waals surface area contributed by atoms with Gasteiger partial charge in [-0.15, -0.1) is 0 Å². The average Bonchev–Trinajstić information content (AvgIpc) is 2.40. The molecule has 0 heterocycles. The summed E-state index contributed by atoms with van der Waals surface area (Å²) in [5.74, 6) is 0.0456. The SMILES string of the molecule is Cc1ccc(NCC(=O)c2ccc(Br)cc2)cc1Cl. The number of rotatable bonds is 4. The number of benzene rings is 2. The van der Waals surface area contributed by atoms with Crippen LogP contribution in [0.5, 0.6) is 0 Å². The van der Waals surface area contributed by atoms with Crippen LogP contribution in [0, 0.1) is 6.92 Å². The van der Waals surface area contributed by atoms with Crippen molar-refractivity contribution in [3.8, 4) is 0 Å². The van der Waals surface area contributed by atoms with Crippen molar-refractivity contribution < 1.29 is 4.79 Å². The molecular weight excluding hydrogens is 326 g/mol. The fourth-order valence-corrected chi connectivity index (χ4v) is 2.07. The lowest BCUT2D eigenvalue weighted by molar-refractivity contribution is 0.101. The second-order valence-corrected chi connectivity index (χ2v) is 5.57. The van der Waals surface area contributed by atoms with Gasteiger partial charge in [0.2, 0.25) is 0 Å². The molecule has 0 aliphatic heterocycles. The highest BCUT2D eigenvalue weighted by Gasteiger charge is 2.05. The van der Waals surface area contributed by atoms with E-state index in [4.69, 9.17) is 11.6 Å². The number of Topliss-reactive ketones (excluding diaryl/α,β-unsaturated/α-hetero) is 1. The van der Waals surface area contributed by atoms with Gasteiger partial charge in [0.25, 0.3) is 0 Å². The number of anilines is 1. The van der Waals surface area contributed by atoms with E-state index in [1.54, 1.807) is 12.1 Å². The molecule has 1 N–H and O–H groups in total. The molecule has 0 aliphatic carbocycles. The molecule has 0 atom stereocenters. The molecule has 0 saturated carbocycles. The molecular formula is C15H13BrClNO. The molecule has 2 aromatic carbocycles. The monoisotopic (exact) mass is 337 g/mol. The molecule has 0 aliphatic rings. The maximum atomic E-state index is 12.0. The second kappa shape index (κ2) is 6.22. The zero-order valence-corrected chi connectivity index (χ0v) is 12.8. The first-order valence-electron chi connectivity index (χ1n) is 5.85. The molecule has 0 aromatic heterocycles. The predicted octanol–water partition coefficient (Wildman–Crippen LogP) is 4.71. The largest absolute Gasteiger partial charge is 0.378 e. The molecule has 0 fully saturated rings. The van der Waals surface area contributed by atoms with E-state index in [2.05, 4.69) is 21.2 Å². The number of halogens is 2. The third kappa shape index (κ3) is 3.82. The Bertz CT molecular complexity index is 596. The number of aryl methyl sites for hydroxylation is 1. The summed E-state index contributed by atoms with van der Waals surface area (Å²) in [6.45, 7) is 2.19. The van der Waals surface area contributed by atoms with Gasteiger partial charge in [0.05, 0.1) is 6.54 Å². The van der Waals surface area contributed by atoms with Crippen LogP contribution in [0.25, 0.3) is 0 Å². The quantitative estimate of drug-likeness (QED) is 0.818. The van der Waals surface area contributed by atoms with Gasteiger partial charge in [-0.2, -0.15) is 0 Å². The third-order valence-electron chi connectivity index (χ3n) is 2.79. The molecule has 2 rings (SSSR count). The standard InChI is InChI=1S/C15H13BrClNO/c1-10-2-7-13(8-14(10)17)18-9-15(19)11-3-5-12(16)6-4-11/h2-8,18H,9H2,1H3. The van der Waals surface area contributed by atoms with Crippen LogP contribution in [0.4, 0.5) is 5.69 Å². The normalized spacial score (nSPS) is 10.3. The fraction of sp³-hybridized carbons (Fsp3) is 0.133. The minimum absolute atomic E-state index is 0.0456. The smallest absolute Gasteiger partial charge is 0.181 e. The summed E-state index contributed by atoms with van der Waals surface area (Å²) >= 11 is 9.38. The minimum Gasteiger partial charge on any atom is -0.378 e. The van der Waals surface area contributed by atoms with Gasteiger partial charge in [0.15, 0.2) is 5.78 Å². The van der Waals surface area contributed by atoms with Gasteiger partial charge in [0, 0.05) is 20.7 Å². The molecule has 2 nitrogen and oxygen atoms in total. The van der Waals surface area contributed by atoms with E-state index in [-0.39, 0.29) is 12.3 Å². The van der Waals surface area contributed by atoms with Crippen LogP contribution in [-0.4, -0.2) is 12.3 Å². The highest BCUT2D eigenvalue weighted by Crippen LogP contribution is 2.20. The molecule has 0 amide bonds. The van der Waals surface area contributed by atoms with E-state index in [1.165, 1.54) is 0 Å². The van der Waals surface area contributed by atoms with Crippen molar-refractivity contribution in [2.24, 2.45) is 0 Å². The first-order valence-corrected chi connectivity index (χ1v) is 7.02. The van der Waals surface area contributed by atoms with Gasteiger partial charge in [-0.1, -0.05) is 45.7 Å². The van der Waals surface area contributed by atoms with Crippen LogP contribution in [0.15, 0.2) is 46.9 Å². The van der Waals surface area contributed by atoms with Crippen molar-refractivity contribution in [2.75, 3.05) is 11.9 Å². The van der Waals surface area contributed by atoms with Crippen LogP contribution in [0.2, 0.25) is 5.02 Å². The molecule has 4 heteroatoms. The zero-order valence-electron chi connectivity index (χ0n) is 10.4. The highest BCUT2D eigenvalue weighted by molar-refractivity contribution is 9.10. The Hall–Kier alpha value is -1.32. The van der Waals surface area contributed by atoms with Crippen molar-refractivity contribution in [1.82, 2.24) is 0 Å². The number of carbonyl (C=O) groups is 1. The van der Waals surface area contributed by atoms with Gasteiger partial charge in [-0.3, -0.25) is 4.79 Å². The summed E-state index contributed by atoms with van der Waals surface area (Å²) < 4.78 is 0.960. The number of ketones is 1. The Morgan fingerprint density at radius 2 is 1.89 bits per heavy atom. The summed E-state index contributed by atoms with van der Waals surface area (Å²) in [5, 5.41) is 3.78. The predicted molar refractivity (Wildman–Crippen MR) is 83.2 cm³/mol. The van der Waals surface area contributed by atoms with Gasteiger partial charge in [-0.05, 0) is 36.8 Å². The maximum absolute atomic E-state index is 12.0. The van der Waals surface area contributed by atoms with E-state index in [9.17, 15) is 4.79 Å². The molecule has 98 valence electrons.